The Kier molecular flexibility index (Phi) is 2.97. The lowest BCUT2D eigenvalue weighted by Gasteiger charge is -2.14. The molecule has 4 nitrogen and oxygen atoms in total. The van der Waals surface area contributed by atoms with Gasteiger partial charge in [0.25, 0.3) is 0 Å². The molecule has 0 bridgehead atoms. The van der Waals surface area contributed by atoms with Gasteiger partial charge in [0.2, 0.25) is 0 Å². The van der Waals surface area contributed by atoms with Crippen molar-refractivity contribution in [2.45, 2.75) is 26.3 Å². The van der Waals surface area contributed by atoms with Crippen molar-refractivity contribution in [2.24, 2.45) is 0 Å². The quantitative estimate of drug-likeness (QED) is 0.839. The lowest BCUT2D eigenvalue weighted by Crippen LogP contribution is -2.11. The first kappa shape index (κ1) is 10.5. The molecule has 6 heteroatoms. The van der Waals surface area contributed by atoms with Gasteiger partial charge in [-0.3, -0.25) is 9.67 Å². The molecule has 2 heterocycles. The van der Waals surface area contributed by atoms with Gasteiger partial charge in [0.05, 0.1) is 6.04 Å². The Morgan fingerprint density at radius 1 is 1.67 bits per heavy atom. The Morgan fingerprint density at radius 2 is 2.47 bits per heavy atom. The molecule has 2 aromatic heterocycles. The second-order valence-corrected chi connectivity index (χ2v) is 4.55. The molecule has 0 aromatic carbocycles. The Labute approximate surface area is 97.0 Å². The SMILES string of the molecule is CCC(c1nccs1)n1c(C)n[nH]c1=S. The Hall–Kier alpha value is -1.01. The van der Waals surface area contributed by atoms with Crippen LogP contribution in [-0.2, 0) is 0 Å². The largest absolute Gasteiger partial charge is 0.294 e. The number of nitrogens with zero attached hydrogens (tertiary/aromatic N) is 3. The van der Waals surface area contributed by atoms with Crippen molar-refractivity contribution in [3.8, 4) is 0 Å². The minimum absolute atomic E-state index is 0.205. The van der Waals surface area contributed by atoms with Crippen LogP contribution in [0, 0.1) is 11.7 Å². The number of H-pyrrole nitrogens is 1. The number of nitrogens with one attached hydrogen (secondary N) is 1. The van der Waals surface area contributed by atoms with Crippen LogP contribution in [0.5, 0.6) is 0 Å². The van der Waals surface area contributed by atoms with E-state index in [1.165, 1.54) is 0 Å². The van der Waals surface area contributed by atoms with Gasteiger partial charge in [0, 0.05) is 11.6 Å². The van der Waals surface area contributed by atoms with Crippen molar-refractivity contribution in [3.05, 3.63) is 27.2 Å². The van der Waals surface area contributed by atoms with Crippen LogP contribution in [-0.4, -0.2) is 19.7 Å². The summed E-state index contributed by atoms with van der Waals surface area (Å²) in [6.07, 6.45) is 2.78. The molecule has 0 amide bonds. The van der Waals surface area contributed by atoms with Crippen LogP contribution in [0.1, 0.15) is 30.2 Å². The maximum absolute atomic E-state index is 5.21. The third kappa shape index (κ3) is 1.87. The van der Waals surface area contributed by atoms with E-state index in [1.807, 2.05) is 23.1 Å². The molecule has 1 atom stereocenters. The topological polar surface area (TPSA) is 46.5 Å². The molecule has 80 valence electrons. The fourth-order valence-corrected chi connectivity index (χ4v) is 2.73. The molecule has 0 aliphatic carbocycles. The van der Waals surface area contributed by atoms with Crippen LogP contribution in [0.3, 0.4) is 0 Å². The number of aromatic amines is 1. The first-order chi connectivity index (χ1) is 7.24. The fourth-order valence-electron chi connectivity index (χ4n) is 1.62. The van der Waals surface area contributed by atoms with E-state index in [-0.39, 0.29) is 6.04 Å². The number of thiazole rings is 1. The zero-order valence-corrected chi connectivity index (χ0v) is 10.2. The van der Waals surface area contributed by atoms with Gasteiger partial charge in [-0.15, -0.1) is 11.3 Å². The van der Waals surface area contributed by atoms with Gasteiger partial charge in [0.1, 0.15) is 10.8 Å². The van der Waals surface area contributed by atoms with Crippen LogP contribution < -0.4 is 0 Å². The summed E-state index contributed by atoms with van der Waals surface area (Å²) < 4.78 is 2.68. The van der Waals surface area contributed by atoms with Crippen molar-refractivity contribution in [3.63, 3.8) is 0 Å². The third-order valence-electron chi connectivity index (χ3n) is 2.32. The Balaban J connectivity index is 2.48. The first-order valence-electron chi connectivity index (χ1n) is 4.77. The van der Waals surface area contributed by atoms with Gasteiger partial charge in [-0.25, -0.2) is 4.98 Å². The number of hydrogen-bond donors (Lipinski definition) is 1. The molecule has 0 aliphatic rings. The lowest BCUT2D eigenvalue weighted by molar-refractivity contribution is 0.543. The Bertz CT molecular complexity index is 482. The molecule has 0 radical (unpaired) electrons. The molecule has 1 unspecified atom stereocenters. The molecule has 0 spiro atoms. The van der Waals surface area contributed by atoms with Crippen LogP contribution in [0.25, 0.3) is 0 Å². The molecule has 2 aromatic rings. The summed E-state index contributed by atoms with van der Waals surface area (Å²) in [5, 5.41) is 9.99. The predicted molar refractivity (Wildman–Crippen MR) is 62.7 cm³/mol. The maximum atomic E-state index is 5.21. The normalized spacial score (nSPS) is 12.9. The van der Waals surface area contributed by atoms with Gasteiger partial charge < -0.3 is 0 Å². The van der Waals surface area contributed by atoms with Crippen molar-refractivity contribution >= 4 is 23.6 Å². The highest BCUT2D eigenvalue weighted by Crippen LogP contribution is 2.24. The molecule has 0 saturated carbocycles. The zero-order chi connectivity index (χ0) is 10.8. The number of rotatable bonds is 3. The predicted octanol–water partition coefficient (Wildman–Crippen LogP) is 2.71. The summed E-state index contributed by atoms with van der Waals surface area (Å²) in [5.41, 5.74) is 0. The minimum Gasteiger partial charge on any atom is -0.294 e. The summed E-state index contributed by atoms with van der Waals surface area (Å²) in [6, 6.07) is 0.205. The highest BCUT2D eigenvalue weighted by Gasteiger charge is 2.17. The van der Waals surface area contributed by atoms with E-state index in [0.717, 1.165) is 17.3 Å². The van der Waals surface area contributed by atoms with Crippen LogP contribution in [0.15, 0.2) is 11.6 Å². The first-order valence-corrected chi connectivity index (χ1v) is 6.05. The average molecular weight is 240 g/mol. The highest BCUT2D eigenvalue weighted by molar-refractivity contribution is 7.71. The fraction of sp³-hybridized carbons (Fsp3) is 0.444. The van der Waals surface area contributed by atoms with Crippen molar-refractivity contribution in [2.75, 3.05) is 0 Å². The van der Waals surface area contributed by atoms with E-state index >= 15 is 0 Å². The number of hydrogen-bond acceptors (Lipinski definition) is 4. The van der Waals surface area contributed by atoms with Crippen LogP contribution >= 0.6 is 23.6 Å². The van der Waals surface area contributed by atoms with Crippen LogP contribution in [0.4, 0.5) is 0 Å². The second-order valence-electron chi connectivity index (χ2n) is 3.24. The maximum Gasteiger partial charge on any atom is 0.195 e. The standard InChI is InChI=1S/C9H12N4S2/c1-3-7(8-10-4-5-15-8)13-6(2)11-12-9(13)14/h4-5,7H,3H2,1-2H3,(H,12,14). The molecule has 0 fully saturated rings. The van der Waals surface area contributed by atoms with Crippen molar-refractivity contribution < 1.29 is 0 Å². The zero-order valence-electron chi connectivity index (χ0n) is 8.60. The molecular formula is C9H12N4S2. The summed E-state index contributed by atoms with van der Waals surface area (Å²) in [4.78, 5) is 4.34. The second kappa shape index (κ2) is 4.24. The van der Waals surface area contributed by atoms with E-state index in [4.69, 9.17) is 12.2 Å². The molecular weight excluding hydrogens is 228 g/mol. The molecule has 0 saturated heterocycles. The molecule has 1 N–H and O–H groups in total. The summed E-state index contributed by atoms with van der Waals surface area (Å²) >= 11 is 6.86. The summed E-state index contributed by atoms with van der Waals surface area (Å²) in [7, 11) is 0. The van der Waals surface area contributed by atoms with Gasteiger partial charge in [-0.2, -0.15) is 5.10 Å². The van der Waals surface area contributed by atoms with E-state index < -0.39 is 0 Å². The lowest BCUT2D eigenvalue weighted by atomic mass is 10.2. The molecule has 15 heavy (non-hydrogen) atoms. The average Bonchev–Trinajstić information content (AvgIpc) is 2.83. The van der Waals surface area contributed by atoms with Gasteiger partial charge in [0.15, 0.2) is 4.77 Å². The van der Waals surface area contributed by atoms with E-state index in [9.17, 15) is 0 Å². The smallest absolute Gasteiger partial charge is 0.195 e. The summed E-state index contributed by atoms with van der Waals surface area (Å²) in [6.45, 7) is 4.07. The van der Waals surface area contributed by atoms with E-state index in [2.05, 4.69) is 22.1 Å². The summed E-state index contributed by atoms with van der Waals surface area (Å²) in [5.74, 6) is 0.905. The molecule has 2 rings (SSSR count). The minimum atomic E-state index is 0.205. The molecule has 0 aliphatic heterocycles. The number of aryl methyl sites for hydroxylation is 1. The van der Waals surface area contributed by atoms with E-state index in [1.54, 1.807) is 11.3 Å². The highest BCUT2D eigenvalue weighted by atomic mass is 32.1. The van der Waals surface area contributed by atoms with Gasteiger partial charge in [-0.05, 0) is 25.6 Å². The Morgan fingerprint density at radius 3 is 2.93 bits per heavy atom. The van der Waals surface area contributed by atoms with Crippen molar-refractivity contribution in [1.82, 2.24) is 19.7 Å². The van der Waals surface area contributed by atoms with E-state index in [0.29, 0.717) is 4.77 Å². The van der Waals surface area contributed by atoms with Gasteiger partial charge >= 0.3 is 0 Å². The third-order valence-corrected chi connectivity index (χ3v) is 3.48. The number of aromatic nitrogens is 4. The van der Waals surface area contributed by atoms with Crippen LogP contribution in [0.2, 0.25) is 0 Å². The van der Waals surface area contributed by atoms with Crippen molar-refractivity contribution in [1.29, 1.82) is 0 Å². The monoisotopic (exact) mass is 240 g/mol. The van der Waals surface area contributed by atoms with Gasteiger partial charge in [-0.1, -0.05) is 6.92 Å².